The van der Waals surface area contributed by atoms with Crippen molar-refractivity contribution < 1.29 is 22.0 Å². The Hall–Kier alpha value is -2.48. The average molecular weight is 588 g/mol. The van der Waals surface area contributed by atoms with Crippen LogP contribution in [0, 0.1) is 0 Å². The van der Waals surface area contributed by atoms with Gasteiger partial charge in [-0.1, -0.05) is 76.6 Å². The summed E-state index contributed by atoms with van der Waals surface area (Å²) in [5, 5.41) is 0.722. The van der Waals surface area contributed by atoms with Crippen molar-refractivity contribution in [1.29, 1.82) is 0 Å². The van der Waals surface area contributed by atoms with Gasteiger partial charge in [0.1, 0.15) is 0 Å². The maximum atomic E-state index is 14.0. The lowest BCUT2D eigenvalue weighted by molar-refractivity contribution is 0.219. The Balaban J connectivity index is 2.00. The van der Waals surface area contributed by atoms with Crippen molar-refractivity contribution in [2.75, 3.05) is 13.2 Å². The van der Waals surface area contributed by atoms with Gasteiger partial charge in [0.05, 0.1) is 35.5 Å². The Morgan fingerprint density at radius 2 is 1.47 bits per heavy atom. The summed E-state index contributed by atoms with van der Waals surface area (Å²) in [5.41, 5.74) is 2.42. The van der Waals surface area contributed by atoms with Crippen molar-refractivity contribution in [3.05, 3.63) is 100 Å². The molecule has 0 atom stereocenters. The van der Waals surface area contributed by atoms with Gasteiger partial charge in [-0.15, -0.1) is 0 Å². The molecule has 0 unspecified atom stereocenters. The van der Waals surface area contributed by atoms with E-state index in [0.29, 0.717) is 16.8 Å². The highest BCUT2D eigenvalue weighted by Crippen LogP contribution is 2.53. The molecule has 0 fully saturated rings. The van der Waals surface area contributed by atoms with E-state index in [2.05, 4.69) is 15.9 Å². The van der Waals surface area contributed by atoms with Crippen molar-refractivity contribution in [3.8, 4) is 0 Å². The first-order chi connectivity index (χ1) is 17.3. The molecule has 0 aliphatic rings. The lowest BCUT2D eigenvalue weighted by Crippen LogP contribution is -2.16. The SMILES string of the molecule is CCOP(=O)(Cc1c(/C=C/c2ccc(Br)cc2)c2ccccc2n1S(=O)(=O)c1ccccc1)OCC. The minimum Gasteiger partial charge on any atom is -0.309 e. The summed E-state index contributed by atoms with van der Waals surface area (Å²) in [6, 6.07) is 23.2. The molecule has 0 spiro atoms. The molecule has 3 aromatic carbocycles. The van der Waals surface area contributed by atoms with Gasteiger partial charge in [-0.05, 0) is 49.7 Å². The maximum absolute atomic E-state index is 14.0. The molecular weight excluding hydrogens is 561 g/mol. The normalized spacial score (nSPS) is 12.5. The number of benzene rings is 3. The molecule has 0 amide bonds. The number of fused-ring (bicyclic) bond motifs is 1. The molecule has 9 heteroatoms. The highest BCUT2D eigenvalue weighted by molar-refractivity contribution is 9.10. The molecule has 6 nitrogen and oxygen atoms in total. The smallest absolute Gasteiger partial charge is 0.309 e. The van der Waals surface area contributed by atoms with Crippen molar-refractivity contribution in [3.63, 3.8) is 0 Å². The third-order valence-electron chi connectivity index (χ3n) is 5.56. The number of nitrogens with zero attached hydrogens (tertiary/aromatic N) is 1. The molecule has 1 aromatic heterocycles. The van der Waals surface area contributed by atoms with Crippen LogP contribution in [0.15, 0.2) is 88.2 Å². The van der Waals surface area contributed by atoms with Crippen LogP contribution in [-0.4, -0.2) is 25.6 Å². The molecule has 4 rings (SSSR count). The molecule has 0 aliphatic carbocycles. The van der Waals surface area contributed by atoms with E-state index in [-0.39, 0.29) is 24.3 Å². The summed E-state index contributed by atoms with van der Waals surface area (Å²) in [6.45, 7) is 3.81. The fourth-order valence-electron chi connectivity index (χ4n) is 4.06. The first-order valence-corrected chi connectivity index (χ1v) is 15.5. The van der Waals surface area contributed by atoms with Crippen LogP contribution in [0.5, 0.6) is 0 Å². The Labute approximate surface area is 220 Å². The zero-order valence-corrected chi connectivity index (χ0v) is 23.3. The van der Waals surface area contributed by atoms with Crippen molar-refractivity contribution in [2.24, 2.45) is 0 Å². The monoisotopic (exact) mass is 587 g/mol. The third kappa shape index (κ3) is 5.58. The van der Waals surface area contributed by atoms with Gasteiger partial charge < -0.3 is 9.05 Å². The fraction of sp³-hybridized carbons (Fsp3) is 0.185. The highest BCUT2D eigenvalue weighted by Gasteiger charge is 2.33. The highest BCUT2D eigenvalue weighted by atomic mass is 79.9. The van der Waals surface area contributed by atoms with Crippen molar-refractivity contribution >= 4 is 56.6 Å². The van der Waals surface area contributed by atoms with Gasteiger partial charge in [0.25, 0.3) is 10.0 Å². The molecule has 0 bridgehead atoms. The van der Waals surface area contributed by atoms with E-state index in [1.807, 2.05) is 48.6 Å². The molecule has 36 heavy (non-hydrogen) atoms. The number of aromatic nitrogens is 1. The fourth-order valence-corrected chi connectivity index (χ4v) is 7.72. The minimum atomic E-state index is -4.02. The average Bonchev–Trinajstić information content (AvgIpc) is 3.17. The van der Waals surface area contributed by atoms with Gasteiger partial charge >= 0.3 is 7.60 Å². The van der Waals surface area contributed by atoms with Gasteiger partial charge in [-0.25, -0.2) is 12.4 Å². The van der Waals surface area contributed by atoms with E-state index in [0.717, 1.165) is 15.4 Å². The van der Waals surface area contributed by atoms with E-state index < -0.39 is 17.6 Å². The van der Waals surface area contributed by atoms with Gasteiger partial charge in [-0.2, -0.15) is 0 Å². The largest absolute Gasteiger partial charge is 0.336 e. The Bertz CT molecular complexity index is 1520. The molecule has 0 radical (unpaired) electrons. The van der Waals surface area contributed by atoms with Crippen LogP contribution < -0.4 is 0 Å². The number of hydrogen-bond acceptors (Lipinski definition) is 5. The number of hydrogen-bond donors (Lipinski definition) is 0. The first kappa shape index (κ1) is 26.6. The zero-order valence-electron chi connectivity index (χ0n) is 20.0. The van der Waals surface area contributed by atoms with E-state index in [9.17, 15) is 13.0 Å². The van der Waals surface area contributed by atoms with E-state index in [1.165, 1.54) is 3.97 Å². The summed E-state index contributed by atoms with van der Waals surface area (Å²) >= 11 is 3.44. The topological polar surface area (TPSA) is 74.6 Å². The van der Waals surface area contributed by atoms with Gasteiger partial charge in [-0.3, -0.25) is 4.57 Å². The lowest BCUT2D eigenvalue weighted by Gasteiger charge is -2.19. The second kappa shape index (κ2) is 11.3. The second-order valence-electron chi connectivity index (χ2n) is 7.95. The molecule has 0 N–H and O–H groups in total. The predicted octanol–water partition coefficient (Wildman–Crippen LogP) is 7.58. The standard InChI is InChI=1S/C27H27BrNO5PS/c1-3-33-35(30,34-4-2)20-27-25(19-16-21-14-17-22(28)18-15-21)24-12-8-9-13-26(24)29(27)36(31,32)23-10-6-5-7-11-23/h5-19H,3-4,20H2,1-2H3/b19-16+. The van der Waals surface area contributed by atoms with Crippen LogP contribution in [0.1, 0.15) is 30.7 Å². The Kier molecular flexibility index (Phi) is 8.33. The summed E-state index contributed by atoms with van der Waals surface area (Å²) in [7, 11) is -7.66. The van der Waals surface area contributed by atoms with Crippen LogP contribution in [0.3, 0.4) is 0 Å². The minimum absolute atomic E-state index is 0.137. The molecule has 0 saturated carbocycles. The first-order valence-electron chi connectivity index (χ1n) is 11.5. The zero-order chi connectivity index (χ0) is 25.8. The van der Waals surface area contributed by atoms with Crippen molar-refractivity contribution in [1.82, 2.24) is 3.97 Å². The summed E-state index contributed by atoms with van der Waals surface area (Å²) in [4.78, 5) is 0.137. The molecular formula is C27H27BrNO5PS. The van der Waals surface area contributed by atoms with Gasteiger partial charge in [0.15, 0.2) is 0 Å². The number of rotatable bonds is 10. The predicted molar refractivity (Wildman–Crippen MR) is 149 cm³/mol. The van der Waals surface area contributed by atoms with Crippen LogP contribution in [0.2, 0.25) is 0 Å². The summed E-state index contributed by atoms with van der Waals surface area (Å²) in [6.07, 6.45) is 3.57. The number of para-hydroxylation sites is 1. The number of halogens is 1. The third-order valence-corrected chi connectivity index (χ3v) is 9.84. The molecule has 188 valence electrons. The Morgan fingerprint density at radius 3 is 2.11 bits per heavy atom. The summed E-state index contributed by atoms with van der Waals surface area (Å²) in [5.74, 6) is 0. The molecule has 0 aliphatic heterocycles. The van der Waals surface area contributed by atoms with Gasteiger partial charge in [0, 0.05) is 15.4 Å². The van der Waals surface area contributed by atoms with Crippen LogP contribution >= 0.6 is 23.5 Å². The van der Waals surface area contributed by atoms with E-state index in [1.54, 1.807) is 56.3 Å². The maximum Gasteiger partial charge on any atom is 0.336 e. The van der Waals surface area contributed by atoms with Crippen LogP contribution in [-0.2, 0) is 29.8 Å². The molecule has 1 heterocycles. The van der Waals surface area contributed by atoms with E-state index >= 15 is 0 Å². The lowest BCUT2D eigenvalue weighted by atomic mass is 10.1. The molecule has 4 aromatic rings. The quantitative estimate of drug-likeness (QED) is 0.179. The summed E-state index contributed by atoms with van der Waals surface area (Å²) < 4.78 is 55.0. The molecule has 0 saturated heterocycles. The Morgan fingerprint density at radius 1 is 0.861 bits per heavy atom. The van der Waals surface area contributed by atoms with Gasteiger partial charge in [0.2, 0.25) is 0 Å². The van der Waals surface area contributed by atoms with E-state index in [4.69, 9.17) is 9.05 Å². The van der Waals surface area contributed by atoms with Crippen molar-refractivity contribution in [2.45, 2.75) is 24.9 Å². The van der Waals surface area contributed by atoms with Crippen LogP contribution in [0.25, 0.3) is 23.1 Å². The van der Waals surface area contributed by atoms with Crippen LogP contribution in [0.4, 0.5) is 0 Å². The second-order valence-corrected chi connectivity index (χ2v) is 12.7.